The molecule has 0 saturated carbocycles. The van der Waals surface area contributed by atoms with Gasteiger partial charge in [-0.25, -0.2) is 0 Å². The maximum absolute atomic E-state index is 13.1. The lowest BCUT2D eigenvalue weighted by atomic mass is 9.97. The minimum Gasteiger partial charge on any atom is -0.361 e. The van der Waals surface area contributed by atoms with Crippen molar-refractivity contribution >= 4 is 23.4 Å². The van der Waals surface area contributed by atoms with Gasteiger partial charge in [-0.3, -0.25) is 4.79 Å². The molecule has 1 amide bonds. The van der Waals surface area contributed by atoms with E-state index in [0.29, 0.717) is 6.54 Å². The fourth-order valence-electron chi connectivity index (χ4n) is 3.29. The van der Waals surface area contributed by atoms with E-state index in [4.69, 9.17) is 0 Å². The Morgan fingerprint density at radius 1 is 1.09 bits per heavy atom. The smallest absolute Gasteiger partial charge is 0.258 e. The largest absolute Gasteiger partial charge is 0.361 e. The molecule has 2 heterocycles. The Morgan fingerprint density at radius 2 is 1.86 bits per heavy atom. The van der Waals surface area contributed by atoms with Crippen LogP contribution in [0, 0.1) is 0 Å². The molecule has 0 aliphatic carbocycles. The summed E-state index contributed by atoms with van der Waals surface area (Å²) < 4.78 is 0. The number of hydrogen-bond acceptors (Lipinski definition) is 3. The van der Waals surface area contributed by atoms with E-state index < -0.39 is 0 Å². The molecule has 4 rings (SSSR count). The number of carbonyl (C=O) groups is 1. The zero-order chi connectivity index (χ0) is 15.0. The zero-order valence-electron chi connectivity index (χ0n) is 12.3. The molecule has 4 heteroatoms. The van der Waals surface area contributed by atoms with Crippen molar-refractivity contribution in [1.82, 2.24) is 4.90 Å². The number of rotatable bonds is 2. The molecule has 2 aliphatic heterocycles. The van der Waals surface area contributed by atoms with E-state index in [-0.39, 0.29) is 11.6 Å². The van der Waals surface area contributed by atoms with Crippen LogP contribution in [0.4, 0.5) is 5.69 Å². The molecular weight excluding hydrogens is 292 g/mol. The van der Waals surface area contributed by atoms with Gasteiger partial charge in [0.1, 0.15) is 5.66 Å². The number of nitrogens with zero attached hydrogens (tertiary/aromatic N) is 1. The number of amides is 1. The van der Waals surface area contributed by atoms with Crippen LogP contribution in [-0.4, -0.2) is 28.0 Å². The number of anilines is 1. The van der Waals surface area contributed by atoms with Crippen molar-refractivity contribution in [1.29, 1.82) is 0 Å². The number of thioether (sulfide) groups is 1. The normalized spacial score (nSPS) is 23.5. The van der Waals surface area contributed by atoms with Crippen molar-refractivity contribution in [3.8, 4) is 0 Å². The second-order valence-electron chi connectivity index (χ2n) is 5.88. The molecule has 0 aromatic heterocycles. The highest BCUT2D eigenvalue weighted by molar-refractivity contribution is 7.99. The monoisotopic (exact) mass is 310 g/mol. The van der Waals surface area contributed by atoms with E-state index in [0.717, 1.165) is 29.2 Å². The van der Waals surface area contributed by atoms with Crippen LogP contribution in [0.3, 0.4) is 0 Å². The Bertz CT molecular complexity index is 695. The molecule has 1 spiro atoms. The highest BCUT2D eigenvalue weighted by atomic mass is 32.2. The highest BCUT2D eigenvalue weighted by Crippen LogP contribution is 2.40. The van der Waals surface area contributed by atoms with Crippen LogP contribution in [0.5, 0.6) is 0 Å². The Kier molecular flexibility index (Phi) is 3.34. The van der Waals surface area contributed by atoms with Gasteiger partial charge >= 0.3 is 0 Å². The maximum atomic E-state index is 13.1. The van der Waals surface area contributed by atoms with Gasteiger partial charge in [-0.15, -0.1) is 0 Å². The van der Waals surface area contributed by atoms with Crippen LogP contribution in [0.1, 0.15) is 22.3 Å². The number of hydrogen-bond donors (Lipinski definition) is 1. The van der Waals surface area contributed by atoms with Crippen molar-refractivity contribution in [2.75, 3.05) is 16.8 Å². The molecular formula is C18H18N2OS. The molecule has 2 aromatic carbocycles. The quantitative estimate of drug-likeness (QED) is 0.920. The Balaban J connectivity index is 1.75. The molecule has 0 radical (unpaired) electrons. The first-order valence-corrected chi connectivity index (χ1v) is 8.75. The van der Waals surface area contributed by atoms with Gasteiger partial charge in [-0.2, -0.15) is 11.8 Å². The Morgan fingerprint density at radius 3 is 2.64 bits per heavy atom. The molecule has 1 saturated heterocycles. The minimum absolute atomic E-state index is 0.140. The molecule has 0 bridgehead atoms. The molecule has 1 unspecified atom stereocenters. The molecule has 2 aliphatic rings. The van der Waals surface area contributed by atoms with Crippen molar-refractivity contribution in [2.24, 2.45) is 0 Å². The van der Waals surface area contributed by atoms with Crippen LogP contribution >= 0.6 is 11.8 Å². The molecule has 22 heavy (non-hydrogen) atoms. The maximum Gasteiger partial charge on any atom is 0.258 e. The van der Waals surface area contributed by atoms with Crippen molar-refractivity contribution in [2.45, 2.75) is 18.6 Å². The molecule has 112 valence electrons. The SMILES string of the molecule is O=C1c2ccccc2NC2(CCSC2)N1Cc1ccccc1. The molecule has 3 nitrogen and oxygen atoms in total. The van der Waals surface area contributed by atoms with Gasteiger partial charge in [0.2, 0.25) is 0 Å². The van der Waals surface area contributed by atoms with E-state index in [2.05, 4.69) is 17.4 Å². The van der Waals surface area contributed by atoms with Crippen LogP contribution < -0.4 is 5.32 Å². The molecule has 1 fully saturated rings. The highest BCUT2D eigenvalue weighted by Gasteiger charge is 2.46. The Labute approximate surface area is 134 Å². The van der Waals surface area contributed by atoms with Gasteiger partial charge in [0.15, 0.2) is 0 Å². The van der Waals surface area contributed by atoms with Crippen LogP contribution in [0.25, 0.3) is 0 Å². The summed E-state index contributed by atoms with van der Waals surface area (Å²) in [5.41, 5.74) is 2.68. The van der Waals surface area contributed by atoms with E-state index in [1.807, 2.05) is 59.1 Å². The van der Waals surface area contributed by atoms with Crippen molar-refractivity contribution in [3.05, 3.63) is 65.7 Å². The van der Waals surface area contributed by atoms with Crippen LogP contribution in [0.2, 0.25) is 0 Å². The van der Waals surface area contributed by atoms with Crippen LogP contribution in [0.15, 0.2) is 54.6 Å². The summed E-state index contributed by atoms with van der Waals surface area (Å²) in [5.74, 6) is 2.17. The fraction of sp³-hybridized carbons (Fsp3) is 0.278. The second-order valence-corrected chi connectivity index (χ2v) is 6.99. The predicted molar refractivity (Wildman–Crippen MR) is 91.1 cm³/mol. The third-order valence-corrected chi connectivity index (χ3v) is 5.65. The lowest BCUT2D eigenvalue weighted by Crippen LogP contribution is -2.59. The van der Waals surface area contributed by atoms with E-state index in [1.54, 1.807) is 0 Å². The minimum atomic E-state index is -0.244. The third-order valence-electron chi connectivity index (χ3n) is 4.47. The molecule has 1 atom stereocenters. The number of nitrogens with one attached hydrogen (secondary N) is 1. The van der Waals surface area contributed by atoms with E-state index in [9.17, 15) is 4.79 Å². The fourth-order valence-corrected chi connectivity index (χ4v) is 4.63. The summed E-state index contributed by atoms with van der Waals surface area (Å²) in [6.07, 6.45) is 0.991. The topological polar surface area (TPSA) is 32.3 Å². The van der Waals surface area contributed by atoms with Crippen molar-refractivity contribution in [3.63, 3.8) is 0 Å². The third kappa shape index (κ3) is 2.18. The summed E-state index contributed by atoms with van der Waals surface area (Å²) in [6, 6.07) is 18.1. The first-order valence-electron chi connectivity index (χ1n) is 7.59. The molecule has 2 aromatic rings. The summed E-state index contributed by atoms with van der Waals surface area (Å²) in [5, 5.41) is 3.66. The first-order chi connectivity index (χ1) is 10.8. The summed E-state index contributed by atoms with van der Waals surface area (Å²) >= 11 is 1.91. The standard InChI is InChI=1S/C18H18N2OS/c21-17-15-8-4-5-9-16(15)19-18(10-11-22-13-18)20(17)12-14-6-2-1-3-7-14/h1-9,19H,10-13H2. The number of carbonyl (C=O) groups excluding carboxylic acids is 1. The predicted octanol–water partition coefficient (Wildman–Crippen LogP) is 3.59. The van der Waals surface area contributed by atoms with Gasteiger partial charge in [0.25, 0.3) is 5.91 Å². The lowest BCUT2D eigenvalue weighted by Gasteiger charge is -2.46. The average Bonchev–Trinajstić information content (AvgIpc) is 3.02. The van der Waals surface area contributed by atoms with Gasteiger partial charge in [-0.05, 0) is 29.9 Å². The number of fused-ring (bicyclic) bond motifs is 1. The summed E-state index contributed by atoms with van der Waals surface area (Å²) in [7, 11) is 0. The van der Waals surface area contributed by atoms with E-state index >= 15 is 0 Å². The van der Waals surface area contributed by atoms with Gasteiger partial charge in [-0.1, -0.05) is 42.5 Å². The average molecular weight is 310 g/mol. The van der Waals surface area contributed by atoms with E-state index in [1.165, 1.54) is 5.56 Å². The lowest BCUT2D eigenvalue weighted by molar-refractivity contribution is 0.0531. The van der Waals surface area contributed by atoms with Gasteiger partial charge in [0.05, 0.1) is 5.56 Å². The first kappa shape index (κ1) is 13.7. The van der Waals surface area contributed by atoms with Gasteiger partial charge in [0, 0.05) is 18.0 Å². The van der Waals surface area contributed by atoms with Crippen LogP contribution in [-0.2, 0) is 6.54 Å². The number of benzene rings is 2. The van der Waals surface area contributed by atoms with Crippen molar-refractivity contribution < 1.29 is 4.79 Å². The van der Waals surface area contributed by atoms with Gasteiger partial charge < -0.3 is 10.2 Å². The second kappa shape index (κ2) is 5.36. The summed E-state index contributed by atoms with van der Waals surface area (Å²) in [6.45, 7) is 0.654. The number of para-hydroxylation sites is 1. The Hall–Kier alpha value is -1.94. The summed E-state index contributed by atoms with van der Waals surface area (Å²) in [4.78, 5) is 15.1. The molecule has 1 N–H and O–H groups in total. The zero-order valence-corrected chi connectivity index (χ0v) is 13.1.